The number of hydrogen-bond donors (Lipinski definition) is 1. The third-order valence-electron chi connectivity index (χ3n) is 5.94. The topological polar surface area (TPSA) is 78.3 Å². The molecule has 3 heterocycles. The largest absolute Gasteiger partial charge is 0.468 e. The molecule has 3 rings (SSSR count). The van der Waals surface area contributed by atoms with E-state index in [1.54, 1.807) is 18.2 Å². The molecule has 0 bridgehead atoms. The fourth-order valence-electron chi connectivity index (χ4n) is 4.44. The summed E-state index contributed by atoms with van der Waals surface area (Å²) < 4.78 is 11.1. The zero-order valence-corrected chi connectivity index (χ0v) is 19.4. The first-order valence-electron chi connectivity index (χ1n) is 11.5. The van der Waals surface area contributed by atoms with Crippen molar-refractivity contribution < 1.29 is 18.7 Å². The Morgan fingerprint density at radius 2 is 2.00 bits per heavy atom. The molecule has 1 aromatic rings. The molecular weight excluding hydrogens is 396 g/mol. The minimum absolute atomic E-state index is 0.0413. The zero-order valence-electron chi connectivity index (χ0n) is 19.4. The summed E-state index contributed by atoms with van der Waals surface area (Å²) in [5.41, 5.74) is -0.510. The van der Waals surface area contributed by atoms with Gasteiger partial charge >= 0.3 is 12.1 Å². The number of nitrogens with zero attached hydrogens (tertiary/aromatic N) is 3. The van der Waals surface area contributed by atoms with Crippen LogP contribution in [0, 0.1) is 5.92 Å². The molecule has 0 unspecified atom stereocenters. The molecule has 0 aliphatic carbocycles. The maximum Gasteiger partial charge on any atom is 0.410 e. The summed E-state index contributed by atoms with van der Waals surface area (Å²) in [7, 11) is 1.76. The molecule has 3 amide bonds. The molecule has 0 radical (unpaired) electrons. The summed E-state index contributed by atoms with van der Waals surface area (Å²) >= 11 is 0. The Kier molecular flexibility index (Phi) is 7.86. The summed E-state index contributed by atoms with van der Waals surface area (Å²) in [5, 5.41) is 3.13. The summed E-state index contributed by atoms with van der Waals surface area (Å²) in [6.45, 7) is 10.2. The number of carbonyl (C=O) groups is 2. The molecule has 0 aromatic carbocycles. The Balaban J connectivity index is 1.50. The number of rotatable bonds is 6. The van der Waals surface area contributed by atoms with E-state index in [2.05, 4.69) is 10.2 Å². The van der Waals surface area contributed by atoms with Crippen LogP contribution >= 0.6 is 0 Å². The maximum atomic E-state index is 12.9. The lowest BCUT2D eigenvalue weighted by Crippen LogP contribution is -2.49. The van der Waals surface area contributed by atoms with E-state index in [0.717, 1.165) is 38.2 Å². The summed E-state index contributed by atoms with van der Waals surface area (Å²) in [6, 6.07) is 3.91. The Morgan fingerprint density at radius 1 is 1.26 bits per heavy atom. The molecule has 2 atom stereocenters. The first-order valence-corrected chi connectivity index (χ1v) is 11.5. The average molecular weight is 435 g/mol. The van der Waals surface area contributed by atoms with Gasteiger partial charge in [-0.05, 0) is 77.6 Å². The predicted molar refractivity (Wildman–Crippen MR) is 119 cm³/mol. The molecule has 2 aliphatic rings. The second kappa shape index (κ2) is 10.4. The smallest absolute Gasteiger partial charge is 0.410 e. The molecule has 2 aliphatic heterocycles. The van der Waals surface area contributed by atoms with Gasteiger partial charge in [-0.25, -0.2) is 9.59 Å². The van der Waals surface area contributed by atoms with Gasteiger partial charge in [-0.2, -0.15) is 0 Å². The molecule has 174 valence electrons. The van der Waals surface area contributed by atoms with E-state index in [-0.39, 0.29) is 24.1 Å². The number of urea groups is 1. The van der Waals surface area contributed by atoms with E-state index >= 15 is 0 Å². The van der Waals surface area contributed by atoms with E-state index in [1.165, 1.54) is 12.8 Å². The molecule has 2 fully saturated rings. The molecule has 1 aromatic heterocycles. The van der Waals surface area contributed by atoms with Gasteiger partial charge in [0.15, 0.2) is 0 Å². The van der Waals surface area contributed by atoms with E-state index in [1.807, 2.05) is 37.8 Å². The van der Waals surface area contributed by atoms with Crippen LogP contribution in [0.15, 0.2) is 22.8 Å². The lowest BCUT2D eigenvalue weighted by molar-refractivity contribution is 0.0252. The summed E-state index contributed by atoms with van der Waals surface area (Å²) in [5.74, 6) is 1.15. The Morgan fingerprint density at radius 3 is 2.65 bits per heavy atom. The van der Waals surface area contributed by atoms with E-state index < -0.39 is 5.60 Å². The van der Waals surface area contributed by atoms with E-state index in [0.29, 0.717) is 19.6 Å². The highest BCUT2D eigenvalue weighted by Crippen LogP contribution is 2.25. The SMILES string of the molecule is CN(C[C@H]1CCCN(C(=O)NC[C@@H](c2ccco2)N2CCCC2)C1)C(=O)OC(C)(C)C. The molecular formula is C23H38N4O4. The van der Waals surface area contributed by atoms with Gasteiger partial charge in [-0.15, -0.1) is 0 Å². The fourth-order valence-corrected chi connectivity index (χ4v) is 4.44. The number of ether oxygens (including phenoxy) is 1. The van der Waals surface area contributed by atoms with Gasteiger partial charge in [0.2, 0.25) is 0 Å². The van der Waals surface area contributed by atoms with E-state index in [9.17, 15) is 9.59 Å². The van der Waals surface area contributed by atoms with Crippen molar-refractivity contribution in [1.29, 1.82) is 0 Å². The normalized spacial score (nSPS) is 21.0. The van der Waals surface area contributed by atoms with E-state index in [4.69, 9.17) is 9.15 Å². The molecule has 1 N–H and O–H groups in total. The van der Waals surface area contributed by atoms with Crippen LogP contribution in [0.5, 0.6) is 0 Å². The number of amides is 3. The van der Waals surface area contributed by atoms with Crippen LogP contribution in [0.3, 0.4) is 0 Å². The molecule has 0 spiro atoms. The van der Waals surface area contributed by atoms with Crippen molar-refractivity contribution >= 4 is 12.1 Å². The Labute approximate surface area is 185 Å². The third-order valence-corrected chi connectivity index (χ3v) is 5.94. The average Bonchev–Trinajstić information content (AvgIpc) is 3.41. The highest BCUT2D eigenvalue weighted by atomic mass is 16.6. The van der Waals surface area contributed by atoms with Crippen LogP contribution in [0.4, 0.5) is 9.59 Å². The van der Waals surface area contributed by atoms with Gasteiger partial charge in [0.05, 0.1) is 12.3 Å². The van der Waals surface area contributed by atoms with Crippen molar-refractivity contribution in [3.8, 4) is 0 Å². The number of hydrogen-bond acceptors (Lipinski definition) is 5. The zero-order chi connectivity index (χ0) is 22.4. The maximum absolute atomic E-state index is 12.9. The van der Waals surface area contributed by atoms with Crippen molar-refractivity contribution in [3.05, 3.63) is 24.2 Å². The van der Waals surface area contributed by atoms with Gasteiger partial charge in [-0.3, -0.25) is 4.90 Å². The van der Waals surface area contributed by atoms with Crippen LogP contribution < -0.4 is 5.32 Å². The highest BCUT2D eigenvalue weighted by molar-refractivity contribution is 5.74. The first kappa shape index (κ1) is 23.4. The van der Waals surface area contributed by atoms with Crippen molar-refractivity contribution in [3.63, 3.8) is 0 Å². The predicted octanol–water partition coefficient (Wildman–Crippen LogP) is 3.71. The molecule has 8 heteroatoms. The lowest BCUT2D eigenvalue weighted by atomic mass is 9.98. The molecule has 31 heavy (non-hydrogen) atoms. The van der Waals surface area contributed by atoms with Gasteiger partial charge in [0, 0.05) is 33.2 Å². The van der Waals surface area contributed by atoms with Gasteiger partial charge < -0.3 is 24.3 Å². The van der Waals surface area contributed by atoms with Crippen molar-refractivity contribution in [2.75, 3.05) is 46.3 Å². The molecule has 8 nitrogen and oxygen atoms in total. The van der Waals surface area contributed by atoms with Gasteiger partial charge in [-0.1, -0.05) is 0 Å². The number of carbonyl (C=O) groups excluding carboxylic acids is 2. The second-order valence-corrected chi connectivity index (χ2v) is 9.78. The lowest BCUT2D eigenvalue weighted by Gasteiger charge is -2.35. The van der Waals surface area contributed by atoms with Crippen molar-refractivity contribution in [2.24, 2.45) is 5.92 Å². The van der Waals surface area contributed by atoms with Crippen LogP contribution in [0.1, 0.15) is 58.3 Å². The van der Waals surface area contributed by atoms with Crippen molar-refractivity contribution in [2.45, 2.75) is 58.1 Å². The third kappa shape index (κ3) is 6.89. The quantitative estimate of drug-likeness (QED) is 0.739. The molecule has 0 saturated carbocycles. The minimum atomic E-state index is -0.510. The fraction of sp³-hybridized carbons (Fsp3) is 0.739. The van der Waals surface area contributed by atoms with Crippen LogP contribution in [0.2, 0.25) is 0 Å². The van der Waals surface area contributed by atoms with Crippen LogP contribution in [-0.2, 0) is 4.74 Å². The van der Waals surface area contributed by atoms with Gasteiger partial charge in [0.1, 0.15) is 11.4 Å². The number of piperidine rings is 1. The molecule has 2 saturated heterocycles. The minimum Gasteiger partial charge on any atom is -0.468 e. The monoisotopic (exact) mass is 434 g/mol. The Hall–Kier alpha value is -2.22. The second-order valence-electron chi connectivity index (χ2n) is 9.78. The summed E-state index contributed by atoms with van der Waals surface area (Å²) in [4.78, 5) is 31.0. The number of furan rings is 1. The van der Waals surface area contributed by atoms with Crippen molar-refractivity contribution in [1.82, 2.24) is 20.0 Å². The Bertz CT molecular complexity index is 710. The first-order chi connectivity index (χ1) is 14.7. The number of nitrogens with one attached hydrogen (secondary N) is 1. The highest BCUT2D eigenvalue weighted by Gasteiger charge is 2.29. The standard InChI is InChI=1S/C23H38N4O4/c1-23(2,3)31-22(29)25(4)16-18-9-7-13-27(17-18)21(28)24-15-19(20-10-8-14-30-20)26-11-5-6-12-26/h8,10,14,18-19H,5-7,9,11-13,15-17H2,1-4H3,(H,24,28)/t18-,19+/m1/s1. The number of likely N-dealkylation sites (tertiary alicyclic amines) is 2. The summed E-state index contributed by atoms with van der Waals surface area (Å²) in [6.07, 6.45) is 5.68. The van der Waals surface area contributed by atoms with Crippen LogP contribution in [-0.4, -0.2) is 78.7 Å². The van der Waals surface area contributed by atoms with Crippen LogP contribution in [0.25, 0.3) is 0 Å². The van der Waals surface area contributed by atoms with Gasteiger partial charge in [0.25, 0.3) is 0 Å².